The number of rotatable bonds is 5. The highest BCUT2D eigenvalue weighted by atomic mass is 32.2. The fourth-order valence-electron chi connectivity index (χ4n) is 4.00. The molecule has 3 aromatic carbocycles. The lowest BCUT2D eigenvalue weighted by Gasteiger charge is -2.19. The average Bonchev–Trinajstić information content (AvgIpc) is 3.32. The summed E-state index contributed by atoms with van der Waals surface area (Å²) in [7, 11) is 0. The number of hydrogen-bond acceptors (Lipinski definition) is 7. The van der Waals surface area contributed by atoms with Gasteiger partial charge < -0.3 is 14.8 Å². The van der Waals surface area contributed by atoms with Gasteiger partial charge in [0.15, 0.2) is 22.3 Å². The second-order valence-corrected chi connectivity index (χ2v) is 9.10. The van der Waals surface area contributed by atoms with Crippen molar-refractivity contribution in [3.05, 3.63) is 72.3 Å². The van der Waals surface area contributed by atoms with E-state index >= 15 is 0 Å². The van der Waals surface area contributed by atoms with Crippen LogP contribution in [0.2, 0.25) is 0 Å². The molecule has 174 valence electrons. The fourth-order valence-corrected chi connectivity index (χ4v) is 4.73. The van der Waals surface area contributed by atoms with E-state index < -0.39 is 0 Å². The zero-order valence-electron chi connectivity index (χ0n) is 18.9. The summed E-state index contributed by atoms with van der Waals surface area (Å²) in [6.45, 7) is 3.07. The minimum absolute atomic E-state index is 0.158. The number of para-hydroxylation sites is 1. The van der Waals surface area contributed by atoms with E-state index in [2.05, 4.69) is 27.6 Å². The summed E-state index contributed by atoms with van der Waals surface area (Å²) in [4.78, 5) is 17.7. The molecule has 35 heavy (non-hydrogen) atoms. The fraction of sp³-hybridized carbons (Fsp3) is 0.154. The highest BCUT2D eigenvalue weighted by molar-refractivity contribution is 7.99. The molecule has 0 aliphatic carbocycles. The number of thioether (sulfide) groups is 1. The molecule has 1 N–H and O–H groups in total. The van der Waals surface area contributed by atoms with Crippen LogP contribution in [0.5, 0.6) is 11.5 Å². The van der Waals surface area contributed by atoms with Gasteiger partial charge in [0.1, 0.15) is 19.0 Å². The van der Waals surface area contributed by atoms with Crippen molar-refractivity contribution >= 4 is 39.9 Å². The van der Waals surface area contributed by atoms with E-state index in [0.29, 0.717) is 41.2 Å². The van der Waals surface area contributed by atoms with Crippen LogP contribution in [0.15, 0.2) is 71.9 Å². The molecule has 0 fully saturated rings. The molecule has 0 saturated carbocycles. The number of aromatic nitrogens is 4. The molecular formula is C26H21N5O3S. The van der Waals surface area contributed by atoms with E-state index in [0.717, 1.165) is 22.3 Å². The Balaban J connectivity index is 1.30. The van der Waals surface area contributed by atoms with Gasteiger partial charge in [-0.3, -0.25) is 9.20 Å². The second kappa shape index (κ2) is 8.92. The van der Waals surface area contributed by atoms with Crippen molar-refractivity contribution in [3.63, 3.8) is 0 Å². The van der Waals surface area contributed by atoms with Gasteiger partial charge in [0.05, 0.1) is 11.3 Å². The van der Waals surface area contributed by atoms with Gasteiger partial charge in [0, 0.05) is 22.7 Å². The summed E-state index contributed by atoms with van der Waals surface area (Å²) >= 11 is 1.31. The Bertz CT molecular complexity index is 1570. The normalized spacial score (nSPS) is 12.7. The predicted molar refractivity (Wildman–Crippen MR) is 135 cm³/mol. The van der Waals surface area contributed by atoms with Crippen LogP contribution in [0.3, 0.4) is 0 Å². The van der Waals surface area contributed by atoms with Crippen LogP contribution in [0.1, 0.15) is 5.56 Å². The molecule has 0 radical (unpaired) electrons. The summed E-state index contributed by atoms with van der Waals surface area (Å²) in [5.41, 5.74) is 4.32. The lowest BCUT2D eigenvalue weighted by molar-refractivity contribution is -0.113. The monoisotopic (exact) mass is 483 g/mol. The quantitative estimate of drug-likeness (QED) is 0.361. The number of aryl methyl sites for hydroxylation is 1. The highest BCUT2D eigenvalue weighted by Crippen LogP contribution is 2.33. The van der Waals surface area contributed by atoms with E-state index in [4.69, 9.17) is 14.5 Å². The third-order valence-electron chi connectivity index (χ3n) is 5.68. The molecule has 2 aromatic heterocycles. The number of benzene rings is 3. The van der Waals surface area contributed by atoms with Crippen LogP contribution in [-0.2, 0) is 4.79 Å². The molecule has 0 unspecified atom stereocenters. The molecule has 6 rings (SSSR count). The van der Waals surface area contributed by atoms with Gasteiger partial charge in [-0.2, -0.15) is 0 Å². The average molecular weight is 484 g/mol. The maximum absolute atomic E-state index is 12.7. The SMILES string of the molecule is Cc1ccc(-c2nc3ccccc3c3nnc(SCC(=O)Nc4ccc5c(c4)OCCO5)n23)cc1. The third-order valence-corrected chi connectivity index (χ3v) is 6.61. The number of carbonyl (C=O) groups is 1. The number of fused-ring (bicyclic) bond motifs is 4. The second-order valence-electron chi connectivity index (χ2n) is 8.16. The summed E-state index contributed by atoms with van der Waals surface area (Å²) in [6, 6.07) is 21.4. The van der Waals surface area contributed by atoms with Crippen LogP contribution in [-0.4, -0.2) is 44.5 Å². The molecule has 3 heterocycles. The van der Waals surface area contributed by atoms with E-state index in [1.54, 1.807) is 18.2 Å². The summed E-state index contributed by atoms with van der Waals surface area (Å²) in [6.07, 6.45) is 0. The van der Waals surface area contributed by atoms with Gasteiger partial charge in [-0.15, -0.1) is 10.2 Å². The Morgan fingerprint density at radius 3 is 2.66 bits per heavy atom. The molecule has 8 nitrogen and oxygen atoms in total. The van der Waals surface area contributed by atoms with Gasteiger partial charge in [-0.1, -0.05) is 53.7 Å². The third kappa shape index (κ3) is 4.15. The minimum atomic E-state index is -0.158. The molecule has 0 bridgehead atoms. The van der Waals surface area contributed by atoms with Crippen molar-refractivity contribution in [2.24, 2.45) is 0 Å². The van der Waals surface area contributed by atoms with Crippen molar-refractivity contribution in [1.82, 2.24) is 19.6 Å². The van der Waals surface area contributed by atoms with Gasteiger partial charge in [0.25, 0.3) is 0 Å². The molecular weight excluding hydrogens is 462 g/mol. The Labute approximate surface area is 205 Å². The van der Waals surface area contributed by atoms with Crippen molar-refractivity contribution in [3.8, 4) is 22.9 Å². The van der Waals surface area contributed by atoms with Crippen molar-refractivity contribution in [2.45, 2.75) is 12.1 Å². The Kier molecular flexibility index (Phi) is 5.46. The maximum Gasteiger partial charge on any atom is 0.234 e. The minimum Gasteiger partial charge on any atom is -0.486 e. The van der Waals surface area contributed by atoms with Crippen LogP contribution in [0.4, 0.5) is 5.69 Å². The van der Waals surface area contributed by atoms with Crippen LogP contribution >= 0.6 is 11.8 Å². The molecule has 0 saturated heterocycles. The van der Waals surface area contributed by atoms with Gasteiger partial charge in [-0.25, -0.2) is 4.98 Å². The van der Waals surface area contributed by atoms with Gasteiger partial charge in [0.2, 0.25) is 5.91 Å². The topological polar surface area (TPSA) is 90.6 Å². The summed E-state index contributed by atoms with van der Waals surface area (Å²) in [5.74, 6) is 2.05. The van der Waals surface area contributed by atoms with Crippen molar-refractivity contribution < 1.29 is 14.3 Å². The Hall–Kier alpha value is -4.11. The van der Waals surface area contributed by atoms with E-state index in [-0.39, 0.29) is 11.7 Å². The number of anilines is 1. The number of nitrogens with zero attached hydrogens (tertiary/aromatic N) is 4. The van der Waals surface area contributed by atoms with E-state index in [1.807, 2.05) is 47.7 Å². The highest BCUT2D eigenvalue weighted by Gasteiger charge is 2.18. The smallest absolute Gasteiger partial charge is 0.234 e. The summed E-state index contributed by atoms with van der Waals surface area (Å²) in [5, 5.41) is 13.3. The van der Waals surface area contributed by atoms with E-state index in [9.17, 15) is 4.79 Å². The Morgan fingerprint density at radius 1 is 1.00 bits per heavy atom. The van der Waals surface area contributed by atoms with Gasteiger partial charge in [-0.05, 0) is 31.2 Å². The van der Waals surface area contributed by atoms with Crippen molar-refractivity contribution in [2.75, 3.05) is 24.3 Å². The zero-order valence-corrected chi connectivity index (χ0v) is 19.7. The molecule has 9 heteroatoms. The first kappa shape index (κ1) is 21.4. The number of ether oxygens (including phenoxy) is 2. The van der Waals surface area contributed by atoms with Crippen LogP contribution in [0.25, 0.3) is 27.9 Å². The number of amides is 1. The first-order valence-electron chi connectivity index (χ1n) is 11.2. The maximum atomic E-state index is 12.7. The zero-order chi connectivity index (χ0) is 23.8. The standard InChI is InChI=1S/C26H21N5O3S/c1-16-6-8-17(9-7-16)24-28-20-5-3-2-4-19(20)25-29-30-26(31(24)25)35-15-23(32)27-18-10-11-21-22(14-18)34-13-12-33-21/h2-11,14H,12-13,15H2,1H3,(H,27,32). The first-order valence-corrected chi connectivity index (χ1v) is 12.2. The van der Waals surface area contributed by atoms with Gasteiger partial charge >= 0.3 is 0 Å². The largest absolute Gasteiger partial charge is 0.486 e. The predicted octanol–water partition coefficient (Wildman–Crippen LogP) is 4.75. The Morgan fingerprint density at radius 2 is 1.80 bits per heavy atom. The molecule has 5 aromatic rings. The molecule has 1 aliphatic heterocycles. The lowest BCUT2D eigenvalue weighted by atomic mass is 10.1. The molecule has 0 spiro atoms. The number of carbonyl (C=O) groups excluding carboxylic acids is 1. The first-order chi connectivity index (χ1) is 17.2. The van der Waals surface area contributed by atoms with Crippen LogP contribution in [0, 0.1) is 6.92 Å². The molecule has 0 atom stereocenters. The summed E-state index contributed by atoms with van der Waals surface area (Å²) < 4.78 is 13.1. The van der Waals surface area contributed by atoms with E-state index in [1.165, 1.54) is 17.3 Å². The number of nitrogens with one attached hydrogen (secondary N) is 1. The lowest BCUT2D eigenvalue weighted by Crippen LogP contribution is -2.17. The molecule has 1 amide bonds. The van der Waals surface area contributed by atoms with Crippen LogP contribution < -0.4 is 14.8 Å². The molecule has 1 aliphatic rings. The number of hydrogen-bond donors (Lipinski definition) is 1. The van der Waals surface area contributed by atoms with Crippen molar-refractivity contribution in [1.29, 1.82) is 0 Å².